The number of piperazine rings is 1. The highest BCUT2D eigenvalue weighted by molar-refractivity contribution is 14.0. The van der Waals surface area contributed by atoms with Gasteiger partial charge >= 0.3 is 0 Å². The van der Waals surface area contributed by atoms with Crippen molar-refractivity contribution in [2.45, 2.75) is 52.7 Å². The summed E-state index contributed by atoms with van der Waals surface area (Å²) in [6, 6.07) is 0.760. The van der Waals surface area contributed by atoms with Crippen LogP contribution in [0.3, 0.4) is 0 Å². The number of nitrogens with one attached hydrogen (secondary N) is 1. The smallest absolute Gasteiger partial charge is 0.216 e. The Morgan fingerprint density at radius 1 is 1.21 bits per heavy atom. The molecular formula is C19H40IN5O3S. The predicted molar refractivity (Wildman–Crippen MR) is 130 cm³/mol. The Hall–Kier alpha value is -0.170. The van der Waals surface area contributed by atoms with Gasteiger partial charge in [0.25, 0.3) is 0 Å². The van der Waals surface area contributed by atoms with E-state index in [4.69, 9.17) is 9.73 Å². The molecule has 0 atom stereocenters. The minimum Gasteiger partial charge on any atom is -0.378 e. The molecule has 0 unspecified atom stereocenters. The molecule has 2 aliphatic rings. The summed E-state index contributed by atoms with van der Waals surface area (Å²) < 4.78 is 32.0. The monoisotopic (exact) mass is 545 g/mol. The summed E-state index contributed by atoms with van der Waals surface area (Å²) in [5, 5.41) is 3.36. The zero-order valence-corrected chi connectivity index (χ0v) is 21.6. The average molecular weight is 546 g/mol. The van der Waals surface area contributed by atoms with Crippen LogP contribution in [-0.2, 0) is 14.8 Å². The van der Waals surface area contributed by atoms with Crippen LogP contribution in [0.1, 0.15) is 40.5 Å². The lowest BCUT2D eigenvalue weighted by molar-refractivity contribution is 0.0904. The van der Waals surface area contributed by atoms with Crippen LogP contribution in [-0.4, -0.2) is 105 Å². The highest BCUT2D eigenvalue weighted by Gasteiger charge is 2.29. The van der Waals surface area contributed by atoms with Crippen LogP contribution in [0, 0.1) is 0 Å². The van der Waals surface area contributed by atoms with Crippen molar-refractivity contribution in [1.29, 1.82) is 0 Å². The van der Waals surface area contributed by atoms with Crippen LogP contribution in [0.15, 0.2) is 4.99 Å². The van der Waals surface area contributed by atoms with E-state index in [1.807, 2.05) is 13.8 Å². The predicted octanol–water partition coefficient (Wildman–Crippen LogP) is 1.43. The van der Waals surface area contributed by atoms with Crippen LogP contribution >= 0.6 is 24.0 Å². The molecule has 1 N–H and O–H groups in total. The van der Waals surface area contributed by atoms with Crippen molar-refractivity contribution >= 4 is 40.0 Å². The molecule has 2 rings (SSSR count). The van der Waals surface area contributed by atoms with Gasteiger partial charge in [0.15, 0.2) is 5.96 Å². The van der Waals surface area contributed by atoms with Gasteiger partial charge in [0.2, 0.25) is 10.0 Å². The number of ether oxygens (including phenoxy) is 1. The fourth-order valence-electron chi connectivity index (χ4n) is 3.45. The zero-order chi connectivity index (χ0) is 20.6. The number of guanidine groups is 1. The molecule has 2 fully saturated rings. The second-order valence-corrected chi connectivity index (χ2v) is 9.81. The van der Waals surface area contributed by atoms with Crippen LogP contribution in [0.4, 0.5) is 0 Å². The summed E-state index contributed by atoms with van der Waals surface area (Å²) in [6.07, 6.45) is 2.68. The van der Waals surface area contributed by atoms with E-state index in [9.17, 15) is 8.42 Å². The van der Waals surface area contributed by atoms with E-state index >= 15 is 0 Å². The fraction of sp³-hybridized carbons (Fsp3) is 0.947. The Labute approximate surface area is 194 Å². The van der Waals surface area contributed by atoms with Crippen molar-refractivity contribution in [2.75, 3.05) is 64.7 Å². The third kappa shape index (κ3) is 9.24. The number of hydrogen-bond acceptors (Lipinski definition) is 5. The van der Waals surface area contributed by atoms with Crippen LogP contribution in [0.25, 0.3) is 0 Å². The second-order valence-electron chi connectivity index (χ2n) is 7.72. The minimum atomic E-state index is -3.26. The van der Waals surface area contributed by atoms with Gasteiger partial charge < -0.3 is 15.0 Å². The lowest BCUT2D eigenvalue weighted by Crippen LogP contribution is -2.54. The maximum absolute atomic E-state index is 12.5. The maximum atomic E-state index is 12.5. The van der Waals surface area contributed by atoms with Gasteiger partial charge in [-0.25, -0.2) is 8.42 Å². The number of likely N-dealkylation sites (N-methyl/N-ethyl adjacent to an activating group) is 1. The lowest BCUT2D eigenvalue weighted by Gasteiger charge is -2.36. The van der Waals surface area contributed by atoms with E-state index < -0.39 is 10.0 Å². The van der Waals surface area contributed by atoms with Crippen molar-refractivity contribution in [2.24, 2.45) is 4.99 Å². The number of nitrogens with zero attached hydrogens (tertiary/aromatic N) is 4. The first-order valence-electron chi connectivity index (χ1n) is 10.7. The molecule has 0 bridgehead atoms. The van der Waals surface area contributed by atoms with Gasteiger partial charge in [-0.2, -0.15) is 4.31 Å². The molecule has 10 heteroatoms. The molecule has 29 heavy (non-hydrogen) atoms. The standard InChI is InChI=1S/C19H39N5O3S.HI/c1-5-20-19(21-9-10-22(6-2)18-7-8-18)23-11-13-24(14-12-23)28(25,26)16-15-27-17(3)4;/h17-18H,5-16H2,1-4H3,(H,20,21);1H. The van der Waals surface area contributed by atoms with Gasteiger partial charge in [-0.1, -0.05) is 6.92 Å². The van der Waals surface area contributed by atoms with Crippen molar-refractivity contribution in [3.63, 3.8) is 0 Å². The summed E-state index contributed by atoms with van der Waals surface area (Å²) in [5.41, 5.74) is 0. The SMILES string of the molecule is CCNC(=NCCN(CC)C1CC1)N1CCN(S(=O)(=O)CCOC(C)C)CC1.I. The summed E-state index contributed by atoms with van der Waals surface area (Å²) in [4.78, 5) is 9.46. The lowest BCUT2D eigenvalue weighted by atomic mass is 10.4. The molecule has 0 aromatic carbocycles. The first kappa shape index (κ1) is 26.9. The van der Waals surface area contributed by atoms with Gasteiger partial charge in [0, 0.05) is 45.3 Å². The molecular weight excluding hydrogens is 505 g/mol. The average Bonchev–Trinajstić information content (AvgIpc) is 3.49. The number of halogens is 1. The first-order chi connectivity index (χ1) is 13.4. The molecule has 8 nitrogen and oxygen atoms in total. The van der Waals surface area contributed by atoms with Crippen LogP contribution in [0.2, 0.25) is 0 Å². The number of aliphatic imine (C=N–C) groups is 1. The first-order valence-corrected chi connectivity index (χ1v) is 12.3. The van der Waals surface area contributed by atoms with Gasteiger partial charge in [0.1, 0.15) is 0 Å². The fourth-order valence-corrected chi connectivity index (χ4v) is 4.73. The molecule has 1 aliphatic carbocycles. The Bertz CT molecular complexity index is 591. The molecule has 172 valence electrons. The van der Waals surface area contributed by atoms with Gasteiger partial charge in [0.05, 0.1) is 25.0 Å². The minimum absolute atomic E-state index is 0. The van der Waals surface area contributed by atoms with E-state index in [2.05, 4.69) is 29.0 Å². The molecule has 1 saturated carbocycles. The van der Waals surface area contributed by atoms with Gasteiger partial charge in [-0.05, 0) is 40.2 Å². The summed E-state index contributed by atoms with van der Waals surface area (Å²) in [6.45, 7) is 14.3. The molecule has 1 aliphatic heterocycles. The van der Waals surface area contributed by atoms with E-state index in [0.717, 1.165) is 38.2 Å². The highest BCUT2D eigenvalue weighted by atomic mass is 127. The largest absolute Gasteiger partial charge is 0.378 e. The van der Waals surface area contributed by atoms with Crippen LogP contribution in [0.5, 0.6) is 0 Å². The third-order valence-corrected chi connectivity index (χ3v) is 7.01. The third-order valence-electron chi connectivity index (χ3n) is 5.18. The number of sulfonamides is 1. The van der Waals surface area contributed by atoms with Crippen molar-refractivity contribution in [3.05, 3.63) is 0 Å². The number of hydrogen-bond donors (Lipinski definition) is 1. The Morgan fingerprint density at radius 2 is 1.86 bits per heavy atom. The summed E-state index contributed by atoms with van der Waals surface area (Å²) in [5.74, 6) is 0.947. The maximum Gasteiger partial charge on any atom is 0.216 e. The molecule has 0 spiro atoms. The summed E-state index contributed by atoms with van der Waals surface area (Å²) in [7, 11) is -3.26. The van der Waals surface area contributed by atoms with Gasteiger partial charge in [-0.3, -0.25) is 9.89 Å². The number of rotatable bonds is 11. The van der Waals surface area contributed by atoms with Crippen molar-refractivity contribution in [3.8, 4) is 0 Å². The topological polar surface area (TPSA) is 77.5 Å². The molecule has 0 amide bonds. The molecule has 1 heterocycles. The Morgan fingerprint density at radius 3 is 2.38 bits per heavy atom. The van der Waals surface area contributed by atoms with Crippen molar-refractivity contribution in [1.82, 2.24) is 19.4 Å². The van der Waals surface area contributed by atoms with E-state index in [1.54, 1.807) is 4.31 Å². The van der Waals surface area contributed by atoms with Crippen LogP contribution < -0.4 is 5.32 Å². The molecule has 0 aromatic rings. The van der Waals surface area contributed by atoms with Crippen molar-refractivity contribution < 1.29 is 13.2 Å². The Kier molecular flexibility index (Phi) is 12.3. The Balaban J connectivity index is 0.00000420. The van der Waals surface area contributed by atoms with E-state index in [1.165, 1.54) is 12.8 Å². The highest BCUT2D eigenvalue weighted by Crippen LogP contribution is 2.25. The van der Waals surface area contributed by atoms with E-state index in [0.29, 0.717) is 26.2 Å². The molecule has 0 radical (unpaired) electrons. The summed E-state index contributed by atoms with van der Waals surface area (Å²) >= 11 is 0. The normalized spacial score (nSPS) is 19.0. The van der Waals surface area contributed by atoms with Gasteiger partial charge in [-0.15, -0.1) is 24.0 Å². The second kappa shape index (κ2) is 13.3. The quantitative estimate of drug-likeness (QED) is 0.241. The molecule has 0 aromatic heterocycles. The zero-order valence-electron chi connectivity index (χ0n) is 18.5. The van der Waals surface area contributed by atoms with E-state index in [-0.39, 0.29) is 42.4 Å². The molecule has 1 saturated heterocycles.